The zero-order valence-electron chi connectivity index (χ0n) is 17.6. The molecule has 32 heavy (non-hydrogen) atoms. The van der Waals surface area contributed by atoms with Gasteiger partial charge >= 0.3 is 5.97 Å². The van der Waals surface area contributed by atoms with Crippen molar-refractivity contribution in [1.29, 1.82) is 0 Å². The summed E-state index contributed by atoms with van der Waals surface area (Å²) in [6.07, 6.45) is 0.918. The molecule has 0 aliphatic carbocycles. The number of aromatic nitrogens is 1. The highest BCUT2D eigenvalue weighted by atomic mass is 35.5. The maximum atomic E-state index is 12.5. The number of ether oxygens (including phenoxy) is 3. The minimum absolute atomic E-state index is 0.0398. The van der Waals surface area contributed by atoms with Crippen LogP contribution in [-0.4, -0.2) is 30.1 Å². The number of anilines is 2. The zero-order chi connectivity index (χ0) is 22.7. The van der Waals surface area contributed by atoms with Crippen LogP contribution in [0.25, 0.3) is 0 Å². The summed E-state index contributed by atoms with van der Waals surface area (Å²) in [7, 11) is 0. The van der Waals surface area contributed by atoms with Crippen molar-refractivity contribution in [2.24, 2.45) is 0 Å². The monoisotopic (exact) mass is 472 g/mol. The molecule has 1 aliphatic rings. The highest BCUT2D eigenvalue weighted by Crippen LogP contribution is 2.38. The Balaban J connectivity index is 1.46. The molecule has 7 nitrogen and oxygen atoms in total. The van der Waals surface area contributed by atoms with Crippen LogP contribution in [-0.2, 0) is 22.6 Å². The highest BCUT2D eigenvalue weighted by Gasteiger charge is 2.21. The maximum Gasteiger partial charge on any atom is 0.338 e. The Morgan fingerprint density at radius 3 is 2.66 bits per heavy atom. The summed E-state index contributed by atoms with van der Waals surface area (Å²) >= 11 is 7.50. The van der Waals surface area contributed by atoms with Crippen molar-refractivity contribution in [3.63, 3.8) is 0 Å². The fourth-order valence-corrected chi connectivity index (χ4v) is 4.36. The van der Waals surface area contributed by atoms with Crippen LogP contribution in [0, 0.1) is 0 Å². The van der Waals surface area contributed by atoms with Gasteiger partial charge in [0.2, 0.25) is 5.91 Å². The summed E-state index contributed by atoms with van der Waals surface area (Å²) in [4.78, 5) is 30.8. The molecule has 3 aromatic rings. The third-order valence-electron chi connectivity index (χ3n) is 4.83. The van der Waals surface area contributed by atoms with E-state index in [2.05, 4.69) is 11.9 Å². The first-order valence-corrected chi connectivity index (χ1v) is 11.3. The smallest absolute Gasteiger partial charge is 0.338 e. The van der Waals surface area contributed by atoms with Gasteiger partial charge in [-0.25, -0.2) is 9.78 Å². The lowest BCUT2D eigenvalue weighted by Crippen LogP contribution is -2.22. The summed E-state index contributed by atoms with van der Waals surface area (Å²) in [5.74, 6) is 0.128. The second-order valence-corrected chi connectivity index (χ2v) is 8.30. The van der Waals surface area contributed by atoms with Crippen LogP contribution in [0.15, 0.2) is 41.8 Å². The Morgan fingerprint density at radius 2 is 1.94 bits per heavy atom. The predicted octanol–water partition coefficient (Wildman–Crippen LogP) is 5.17. The molecular formula is C23H21ClN2O5S. The molecule has 166 valence electrons. The molecule has 0 fully saturated rings. The van der Waals surface area contributed by atoms with Crippen molar-refractivity contribution < 1.29 is 23.8 Å². The van der Waals surface area contributed by atoms with E-state index in [4.69, 9.17) is 25.8 Å². The van der Waals surface area contributed by atoms with Crippen LogP contribution in [0.1, 0.15) is 35.5 Å². The van der Waals surface area contributed by atoms with Gasteiger partial charge < -0.3 is 14.2 Å². The largest absolute Gasteiger partial charge is 0.486 e. The van der Waals surface area contributed by atoms with E-state index in [0.717, 1.165) is 12.1 Å². The summed E-state index contributed by atoms with van der Waals surface area (Å²) in [6.45, 7) is 4.31. The number of carbonyl (C=O) groups is 2. The van der Waals surface area contributed by atoms with E-state index >= 15 is 0 Å². The van der Waals surface area contributed by atoms with E-state index in [9.17, 15) is 9.59 Å². The van der Waals surface area contributed by atoms with Crippen LogP contribution < -0.4 is 14.4 Å². The lowest BCUT2D eigenvalue weighted by molar-refractivity contribution is -0.115. The number of thiazole rings is 1. The maximum absolute atomic E-state index is 12.5. The number of halogens is 1. The summed E-state index contributed by atoms with van der Waals surface area (Å²) in [6, 6.07) is 10.8. The number of rotatable bonds is 6. The van der Waals surface area contributed by atoms with Crippen molar-refractivity contribution in [2.45, 2.75) is 26.9 Å². The molecule has 0 atom stereocenters. The van der Waals surface area contributed by atoms with E-state index < -0.39 is 5.97 Å². The Kier molecular flexibility index (Phi) is 6.62. The van der Waals surface area contributed by atoms with Crippen molar-refractivity contribution in [3.05, 3.63) is 63.6 Å². The van der Waals surface area contributed by atoms with Gasteiger partial charge in [0.15, 0.2) is 16.6 Å². The second-order valence-electron chi connectivity index (χ2n) is 7.05. The average Bonchev–Trinajstić information content (AvgIpc) is 3.26. The van der Waals surface area contributed by atoms with Crippen LogP contribution in [0.5, 0.6) is 11.5 Å². The molecule has 0 unspecified atom stereocenters. The molecule has 1 amide bonds. The summed E-state index contributed by atoms with van der Waals surface area (Å²) < 4.78 is 16.4. The molecule has 0 bridgehead atoms. The second kappa shape index (κ2) is 9.58. The van der Waals surface area contributed by atoms with Gasteiger partial charge in [0.05, 0.1) is 22.0 Å². The summed E-state index contributed by atoms with van der Waals surface area (Å²) in [5.41, 5.74) is 2.72. The molecule has 0 radical (unpaired) electrons. The van der Waals surface area contributed by atoms with Gasteiger partial charge in [-0.1, -0.05) is 30.7 Å². The standard InChI is InChI=1S/C23H21ClN2O5S/c1-3-15-4-6-18(7-5-15)26(14(2)27)23-25-17(13-32-23)12-31-22(28)16-10-19(24)21-20(11-16)29-8-9-30-21/h4-7,10-11,13H,3,8-9,12H2,1-2H3. The van der Waals surface area contributed by atoms with Crippen LogP contribution >= 0.6 is 22.9 Å². The van der Waals surface area contributed by atoms with Crippen molar-refractivity contribution in [3.8, 4) is 11.5 Å². The Morgan fingerprint density at radius 1 is 1.19 bits per heavy atom. The van der Waals surface area contributed by atoms with Crippen molar-refractivity contribution in [1.82, 2.24) is 4.98 Å². The molecular weight excluding hydrogens is 452 g/mol. The number of amides is 1. The average molecular weight is 473 g/mol. The highest BCUT2D eigenvalue weighted by molar-refractivity contribution is 7.14. The molecule has 1 aliphatic heterocycles. The topological polar surface area (TPSA) is 78.0 Å². The number of hydrogen-bond acceptors (Lipinski definition) is 7. The molecule has 2 aromatic carbocycles. The van der Waals surface area contributed by atoms with Gasteiger partial charge in [-0.15, -0.1) is 11.3 Å². The number of hydrogen-bond donors (Lipinski definition) is 0. The van der Waals surface area contributed by atoms with Crippen LogP contribution in [0.3, 0.4) is 0 Å². The molecule has 4 rings (SSSR count). The lowest BCUT2D eigenvalue weighted by atomic mass is 10.1. The van der Waals surface area contributed by atoms with Gasteiger partial charge in [-0.3, -0.25) is 9.69 Å². The molecule has 0 spiro atoms. The number of nitrogens with zero attached hydrogens (tertiary/aromatic N) is 2. The number of aryl methyl sites for hydroxylation is 1. The third kappa shape index (κ3) is 4.71. The van der Waals surface area contributed by atoms with Gasteiger partial charge in [-0.05, 0) is 36.2 Å². The quantitative estimate of drug-likeness (QED) is 0.460. The first kappa shape index (κ1) is 22.1. The first-order valence-electron chi connectivity index (χ1n) is 10.1. The van der Waals surface area contributed by atoms with Gasteiger partial charge in [0.1, 0.15) is 19.8 Å². The molecule has 2 heterocycles. The van der Waals surface area contributed by atoms with Crippen LogP contribution in [0.2, 0.25) is 5.02 Å². The van der Waals surface area contributed by atoms with Gasteiger partial charge in [-0.2, -0.15) is 0 Å². The van der Waals surface area contributed by atoms with Gasteiger partial charge in [0.25, 0.3) is 0 Å². The Hall–Kier alpha value is -3.10. The fourth-order valence-electron chi connectivity index (χ4n) is 3.22. The zero-order valence-corrected chi connectivity index (χ0v) is 19.2. The SMILES string of the molecule is CCc1ccc(N(C(C)=O)c2nc(COC(=O)c3cc(Cl)c4c(c3)OCCO4)cs2)cc1. The van der Waals surface area contributed by atoms with E-state index in [-0.39, 0.29) is 23.1 Å². The minimum atomic E-state index is -0.558. The van der Waals surface area contributed by atoms with Crippen molar-refractivity contribution >= 4 is 45.6 Å². The van der Waals surface area contributed by atoms with Gasteiger partial charge in [0, 0.05) is 12.3 Å². The number of benzene rings is 2. The molecule has 0 saturated carbocycles. The Labute approximate surface area is 194 Å². The fraction of sp³-hybridized carbons (Fsp3) is 0.261. The normalized spacial score (nSPS) is 12.3. The van der Waals surface area contributed by atoms with Crippen molar-refractivity contribution in [2.75, 3.05) is 18.1 Å². The predicted molar refractivity (Wildman–Crippen MR) is 122 cm³/mol. The van der Waals surface area contributed by atoms with E-state index in [1.165, 1.54) is 34.8 Å². The van der Waals surface area contributed by atoms with E-state index in [1.54, 1.807) is 11.4 Å². The molecule has 0 saturated heterocycles. The van der Waals surface area contributed by atoms with E-state index in [0.29, 0.717) is 35.5 Å². The first-order chi connectivity index (χ1) is 15.5. The van der Waals surface area contributed by atoms with E-state index in [1.807, 2.05) is 24.3 Å². The number of carbonyl (C=O) groups excluding carboxylic acids is 2. The number of fused-ring (bicyclic) bond motifs is 1. The molecule has 0 N–H and O–H groups in total. The number of esters is 1. The Bertz CT molecular complexity index is 1150. The molecule has 1 aromatic heterocycles. The molecule has 9 heteroatoms. The van der Waals surface area contributed by atoms with Crippen LogP contribution in [0.4, 0.5) is 10.8 Å². The minimum Gasteiger partial charge on any atom is -0.486 e. The summed E-state index contributed by atoms with van der Waals surface area (Å²) in [5, 5.41) is 2.56. The third-order valence-corrected chi connectivity index (χ3v) is 5.99. The lowest BCUT2D eigenvalue weighted by Gasteiger charge is -2.20.